The summed E-state index contributed by atoms with van der Waals surface area (Å²) < 4.78 is 0. The quantitative estimate of drug-likeness (QED) is 0.360. The van der Waals surface area contributed by atoms with E-state index in [1.165, 1.54) is 0 Å². The highest BCUT2D eigenvalue weighted by molar-refractivity contribution is 5.88. The number of carbonyl (C=O) groups is 4. The summed E-state index contributed by atoms with van der Waals surface area (Å²) in [4.78, 5) is 45.0. The molecule has 0 bridgehead atoms. The number of hydrogen-bond donors (Lipinski definition) is 4. The van der Waals surface area contributed by atoms with Crippen LogP contribution in [0.2, 0.25) is 0 Å². The van der Waals surface area contributed by atoms with Crippen LogP contribution in [0, 0.1) is 5.92 Å². The molecule has 8 nitrogen and oxygen atoms in total. The minimum Gasteiger partial charge on any atom is -0.370 e. The average molecular weight is 328 g/mol. The van der Waals surface area contributed by atoms with Crippen molar-refractivity contribution in [3.05, 3.63) is 0 Å². The lowest BCUT2D eigenvalue weighted by molar-refractivity contribution is -0.129. The summed E-state index contributed by atoms with van der Waals surface area (Å²) in [7, 11) is 0. The summed E-state index contributed by atoms with van der Waals surface area (Å²) in [5.74, 6) is -1.62. The molecule has 0 aliphatic carbocycles. The van der Waals surface area contributed by atoms with Crippen molar-refractivity contribution in [2.45, 2.75) is 58.4 Å². The third kappa shape index (κ3) is 11.1. The first-order chi connectivity index (χ1) is 10.7. The molecule has 0 spiro atoms. The molecule has 0 aliphatic heterocycles. The monoisotopic (exact) mass is 328 g/mol. The van der Waals surface area contributed by atoms with Crippen molar-refractivity contribution >= 4 is 23.6 Å². The fraction of sp³-hybridized carbons (Fsp3) is 0.733. The molecule has 0 aliphatic rings. The Morgan fingerprint density at radius 3 is 2.00 bits per heavy atom. The van der Waals surface area contributed by atoms with E-state index in [0.29, 0.717) is 19.4 Å². The van der Waals surface area contributed by atoms with Crippen molar-refractivity contribution in [3.63, 3.8) is 0 Å². The van der Waals surface area contributed by atoms with Crippen molar-refractivity contribution in [2.75, 3.05) is 6.54 Å². The maximum atomic E-state index is 11.7. The highest BCUT2D eigenvalue weighted by Gasteiger charge is 2.21. The Kier molecular flexibility index (Phi) is 10.4. The fourth-order valence-electron chi connectivity index (χ4n) is 1.96. The van der Waals surface area contributed by atoms with Crippen LogP contribution in [0.1, 0.15) is 52.4 Å². The highest BCUT2D eigenvalue weighted by atomic mass is 16.2. The summed E-state index contributed by atoms with van der Waals surface area (Å²) in [6.07, 6.45) is 2.67. The van der Waals surface area contributed by atoms with Crippen LogP contribution in [0.25, 0.3) is 0 Å². The Bertz CT molecular complexity index is 424. The predicted octanol–water partition coefficient (Wildman–Crippen LogP) is -0.445. The Labute approximate surface area is 136 Å². The zero-order valence-corrected chi connectivity index (χ0v) is 13.9. The molecule has 0 rings (SSSR count). The number of nitrogens with two attached hydrogens (primary N) is 2. The SMILES string of the molecule is CC(C)[C@H](NC(=O)CCC(=O)NCCCCCC(N)=O)C(N)=O. The molecular weight excluding hydrogens is 300 g/mol. The first kappa shape index (κ1) is 20.9. The van der Waals surface area contributed by atoms with E-state index in [1.807, 2.05) is 0 Å². The molecule has 0 fully saturated rings. The number of nitrogens with one attached hydrogen (secondary N) is 2. The largest absolute Gasteiger partial charge is 0.370 e. The molecule has 8 heteroatoms. The van der Waals surface area contributed by atoms with E-state index < -0.39 is 11.9 Å². The van der Waals surface area contributed by atoms with Gasteiger partial charge in [-0.2, -0.15) is 0 Å². The van der Waals surface area contributed by atoms with Gasteiger partial charge >= 0.3 is 0 Å². The maximum absolute atomic E-state index is 11.7. The second kappa shape index (κ2) is 11.4. The first-order valence-electron chi connectivity index (χ1n) is 7.87. The molecule has 0 saturated heterocycles. The minimum atomic E-state index is -0.726. The van der Waals surface area contributed by atoms with E-state index in [4.69, 9.17) is 11.5 Å². The van der Waals surface area contributed by atoms with Gasteiger partial charge < -0.3 is 22.1 Å². The normalized spacial score (nSPS) is 11.8. The Balaban J connectivity index is 3.81. The zero-order chi connectivity index (χ0) is 17.8. The van der Waals surface area contributed by atoms with Crippen LogP contribution in [0.5, 0.6) is 0 Å². The van der Waals surface area contributed by atoms with Crippen LogP contribution < -0.4 is 22.1 Å². The van der Waals surface area contributed by atoms with Gasteiger partial charge in [-0.25, -0.2) is 0 Å². The fourth-order valence-corrected chi connectivity index (χ4v) is 1.96. The maximum Gasteiger partial charge on any atom is 0.240 e. The van der Waals surface area contributed by atoms with E-state index >= 15 is 0 Å². The van der Waals surface area contributed by atoms with Crippen LogP contribution in [0.15, 0.2) is 0 Å². The number of amides is 4. The van der Waals surface area contributed by atoms with Crippen molar-refractivity contribution < 1.29 is 19.2 Å². The molecule has 0 saturated carbocycles. The third-order valence-electron chi connectivity index (χ3n) is 3.29. The van der Waals surface area contributed by atoms with E-state index in [9.17, 15) is 19.2 Å². The van der Waals surface area contributed by atoms with Crippen LogP contribution in [0.3, 0.4) is 0 Å². The molecule has 6 N–H and O–H groups in total. The van der Waals surface area contributed by atoms with Gasteiger partial charge in [-0.05, 0) is 18.8 Å². The second-order valence-electron chi connectivity index (χ2n) is 5.82. The lowest BCUT2D eigenvalue weighted by atomic mass is 10.0. The van der Waals surface area contributed by atoms with Crippen LogP contribution in [0.4, 0.5) is 0 Å². The standard InChI is InChI=1S/C15H28N4O4/c1-10(2)14(15(17)23)19-13(22)8-7-12(21)18-9-5-3-4-6-11(16)20/h10,14H,3-9H2,1-2H3,(H2,16,20)(H2,17,23)(H,18,21)(H,19,22)/t14-/m0/s1. The van der Waals surface area contributed by atoms with Gasteiger partial charge in [-0.15, -0.1) is 0 Å². The van der Waals surface area contributed by atoms with Gasteiger partial charge in [-0.3, -0.25) is 19.2 Å². The van der Waals surface area contributed by atoms with Crippen LogP contribution in [-0.4, -0.2) is 36.2 Å². The van der Waals surface area contributed by atoms with E-state index in [1.54, 1.807) is 13.8 Å². The van der Waals surface area contributed by atoms with Gasteiger partial charge in [0.25, 0.3) is 0 Å². The van der Waals surface area contributed by atoms with Crippen LogP contribution in [-0.2, 0) is 19.2 Å². The molecule has 0 unspecified atom stereocenters. The summed E-state index contributed by atoms with van der Waals surface area (Å²) in [5, 5.41) is 5.23. The molecule has 0 radical (unpaired) electrons. The number of primary amides is 2. The van der Waals surface area contributed by atoms with Crippen molar-refractivity contribution in [2.24, 2.45) is 17.4 Å². The van der Waals surface area contributed by atoms with Gasteiger partial charge in [0.2, 0.25) is 23.6 Å². The predicted molar refractivity (Wildman–Crippen MR) is 85.9 cm³/mol. The summed E-state index contributed by atoms with van der Waals surface area (Å²) in [6, 6.07) is -0.726. The summed E-state index contributed by atoms with van der Waals surface area (Å²) in [5.41, 5.74) is 10.2. The summed E-state index contributed by atoms with van der Waals surface area (Å²) >= 11 is 0. The third-order valence-corrected chi connectivity index (χ3v) is 3.29. The van der Waals surface area contributed by atoms with Gasteiger partial charge in [0.15, 0.2) is 0 Å². The highest BCUT2D eigenvalue weighted by Crippen LogP contribution is 2.02. The first-order valence-corrected chi connectivity index (χ1v) is 7.87. The van der Waals surface area contributed by atoms with Crippen molar-refractivity contribution in [1.82, 2.24) is 10.6 Å². The number of carbonyl (C=O) groups excluding carboxylic acids is 4. The smallest absolute Gasteiger partial charge is 0.240 e. The van der Waals surface area contributed by atoms with Gasteiger partial charge in [0.1, 0.15) is 6.04 Å². The topological polar surface area (TPSA) is 144 Å². The lowest BCUT2D eigenvalue weighted by Crippen LogP contribution is -2.47. The Hall–Kier alpha value is -2.12. The minimum absolute atomic E-state index is 0.00398. The Morgan fingerprint density at radius 2 is 1.48 bits per heavy atom. The zero-order valence-electron chi connectivity index (χ0n) is 13.9. The second-order valence-corrected chi connectivity index (χ2v) is 5.82. The van der Waals surface area contributed by atoms with Crippen LogP contribution >= 0.6 is 0 Å². The van der Waals surface area contributed by atoms with E-state index in [-0.39, 0.29) is 36.5 Å². The number of unbranched alkanes of at least 4 members (excludes halogenated alkanes) is 2. The van der Waals surface area contributed by atoms with Crippen molar-refractivity contribution in [1.29, 1.82) is 0 Å². The molecule has 4 amide bonds. The number of rotatable bonds is 12. The molecule has 0 heterocycles. The molecular formula is C15H28N4O4. The van der Waals surface area contributed by atoms with Crippen molar-refractivity contribution in [3.8, 4) is 0 Å². The van der Waals surface area contributed by atoms with Gasteiger partial charge in [-0.1, -0.05) is 20.3 Å². The molecule has 132 valence electrons. The number of hydrogen-bond acceptors (Lipinski definition) is 4. The van der Waals surface area contributed by atoms with Gasteiger partial charge in [0.05, 0.1) is 0 Å². The van der Waals surface area contributed by atoms with Gasteiger partial charge in [0, 0.05) is 25.8 Å². The Morgan fingerprint density at radius 1 is 0.870 bits per heavy atom. The molecule has 1 atom stereocenters. The molecule has 0 aromatic rings. The molecule has 0 aromatic heterocycles. The molecule has 23 heavy (non-hydrogen) atoms. The lowest BCUT2D eigenvalue weighted by Gasteiger charge is -2.18. The summed E-state index contributed by atoms with van der Waals surface area (Å²) in [6.45, 7) is 4.05. The average Bonchev–Trinajstić information content (AvgIpc) is 2.45. The molecule has 0 aromatic carbocycles. The van der Waals surface area contributed by atoms with E-state index in [2.05, 4.69) is 10.6 Å². The van der Waals surface area contributed by atoms with E-state index in [0.717, 1.165) is 12.8 Å².